The molecule has 2 aromatic rings. The van der Waals surface area contributed by atoms with E-state index in [1.807, 2.05) is 52.8 Å². The number of hydrogen-bond acceptors (Lipinski definition) is 3. The summed E-state index contributed by atoms with van der Waals surface area (Å²) in [4.78, 5) is 12.6. The lowest BCUT2D eigenvalue weighted by atomic mass is 10.1. The van der Waals surface area contributed by atoms with E-state index >= 15 is 0 Å². The number of benzene rings is 2. The first-order chi connectivity index (χ1) is 12.0. The van der Waals surface area contributed by atoms with Crippen molar-refractivity contribution in [3.05, 3.63) is 58.1 Å². The van der Waals surface area contributed by atoms with Crippen molar-refractivity contribution >= 4 is 27.3 Å². The van der Waals surface area contributed by atoms with Crippen LogP contribution < -0.4 is 9.62 Å². The second-order valence-corrected chi connectivity index (χ2v) is 8.72. The van der Waals surface area contributed by atoms with Gasteiger partial charge in [-0.3, -0.25) is 9.10 Å². The molecular weight excluding hydrogens is 348 g/mol. The van der Waals surface area contributed by atoms with Gasteiger partial charge in [-0.15, -0.1) is 0 Å². The van der Waals surface area contributed by atoms with Crippen molar-refractivity contribution in [2.45, 2.75) is 34.6 Å². The van der Waals surface area contributed by atoms with Gasteiger partial charge in [-0.05, 0) is 62.9 Å². The number of nitrogens with one attached hydrogen (secondary N) is 1. The topological polar surface area (TPSA) is 66.5 Å². The van der Waals surface area contributed by atoms with Crippen LogP contribution in [-0.2, 0) is 14.8 Å². The first-order valence-corrected chi connectivity index (χ1v) is 10.3. The second-order valence-electron chi connectivity index (χ2n) is 6.81. The first-order valence-electron chi connectivity index (χ1n) is 8.42. The van der Waals surface area contributed by atoms with Crippen molar-refractivity contribution in [1.82, 2.24) is 0 Å². The minimum atomic E-state index is -3.60. The molecule has 2 aromatic carbocycles. The molecule has 0 saturated carbocycles. The van der Waals surface area contributed by atoms with E-state index in [0.29, 0.717) is 5.69 Å². The van der Waals surface area contributed by atoms with Crippen molar-refractivity contribution in [1.29, 1.82) is 0 Å². The van der Waals surface area contributed by atoms with Crippen LogP contribution in [0.1, 0.15) is 27.8 Å². The average Bonchev–Trinajstić information content (AvgIpc) is 2.50. The van der Waals surface area contributed by atoms with E-state index in [0.717, 1.165) is 44.1 Å². The van der Waals surface area contributed by atoms with E-state index in [4.69, 9.17) is 0 Å². The maximum atomic E-state index is 12.6. The van der Waals surface area contributed by atoms with Crippen molar-refractivity contribution < 1.29 is 13.2 Å². The molecule has 0 aliphatic carbocycles. The van der Waals surface area contributed by atoms with Gasteiger partial charge in [0.25, 0.3) is 0 Å². The zero-order chi connectivity index (χ0) is 19.6. The number of rotatable bonds is 5. The summed E-state index contributed by atoms with van der Waals surface area (Å²) in [6.45, 7) is 9.35. The number of sulfonamides is 1. The monoisotopic (exact) mass is 374 g/mol. The molecule has 0 bridgehead atoms. The molecule has 5 nitrogen and oxygen atoms in total. The van der Waals surface area contributed by atoms with Crippen molar-refractivity contribution in [3.8, 4) is 0 Å². The second kappa shape index (κ2) is 7.50. The van der Waals surface area contributed by atoms with E-state index < -0.39 is 10.0 Å². The third-order valence-corrected chi connectivity index (χ3v) is 5.60. The van der Waals surface area contributed by atoms with Crippen LogP contribution in [0, 0.1) is 34.6 Å². The Hall–Kier alpha value is -2.34. The van der Waals surface area contributed by atoms with E-state index in [2.05, 4.69) is 5.32 Å². The number of hydrogen-bond donors (Lipinski definition) is 1. The summed E-state index contributed by atoms with van der Waals surface area (Å²) in [7, 11) is -3.60. The Kier molecular flexibility index (Phi) is 5.76. The van der Waals surface area contributed by atoms with Crippen LogP contribution in [0.25, 0.3) is 0 Å². The SMILES string of the molecule is Cc1cc(C)c(NC(=O)CN(c2cccc(C)c2C)S(C)(=O)=O)c(C)c1. The van der Waals surface area contributed by atoms with Gasteiger partial charge in [0, 0.05) is 5.69 Å². The predicted octanol–water partition coefficient (Wildman–Crippen LogP) is 3.63. The summed E-state index contributed by atoms with van der Waals surface area (Å²) in [6.07, 6.45) is 1.12. The largest absolute Gasteiger partial charge is 0.324 e. The van der Waals surface area contributed by atoms with Crippen LogP contribution in [-0.4, -0.2) is 27.1 Å². The van der Waals surface area contributed by atoms with Crippen LogP contribution >= 0.6 is 0 Å². The molecule has 0 aromatic heterocycles. The lowest BCUT2D eigenvalue weighted by Gasteiger charge is -2.25. The molecule has 26 heavy (non-hydrogen) atoms. The molecule has 0 saturated heterocycles. The Labute approximate surface area is 156 Å². The van der Waals surface area contributed by atoms with Crippen LogP contribution in [0.15, 0.2) is 30.3 Å². The lowest BCUT2D eigenvalue weighted by molar-refractivity contribution is -0.114. The molecule has 0 aliphatic heterocycles. The number of carbonyl (C=O) groups is 1. The zero-order valence-corrected chi connectivity index (χ0v) is 17.0. The molecule has 1 amide bonds. The van der Waals surface area contributed by atoms with Crippen molar-refractivity contribution in [2.24, 2.45) is 0 Å². The molecule has 6 heteroatoms. The van der Waals surface area contributed by atoms with E-state index in [9.17, 15) is 13.2 Å². The predicted molar refractivity (Wildman–Crippen MR) is 107 cm³/mol. The Balaban J connectivity index is 2.33. The summed E-state index contributed by atoms with van der Waals surface area (Å²) in [5.74, 6) is -0.369. The number of anilines is 2. The van der Waals surface area contributed by atoms with Gasteiger partial charge in [0.1, 0.15) is 6.54 Å². The number of nitrogens with zero attached hydrogens (tertiary/aromatic N) is 1. The van der Waals surface area contributed by atoms with E-state index in [1.54, 1.807) is 12.1 Å². The van der Waals surface area contributed by atoms with Gasteiger partial charge in [0.15, 0.2) is 0 Å². The molecular formula is C20H26N2O3S. The van der Waals surface area contributed by atoms with Crippen LogP contribution in [0.3, 0.4) is 0 Å². The van der Waals surface area contributed by atoms with Gasteiger partial charge in [-0.25, -0.2) is 8.42 Å². The van der Waals surface area contributed by atoms with Crippen molar-refractivity contribution in [3.63, 3.8) is 0 Å². The molecule has 140 valence electrons. The fourth-order valence-electron chi connectivity index (χ4n) is 3.07. The minimum Gasteiger partial charge on any atom is -0.324 e. The zero-order valence-electron chi connectivity index (χ0n) is 16.2. The first kappa shape index (κ1) is 20.0. The number of aryl methyl sites for hydroxylation is 4. The van der Waals surface area contributed by atoms with Crippen LogP contribution in [0.4, 0.5) is 11.4 Å². The Morgan fingerprint density at radius 2 is 1.58 bits per heavy atom. The van der Waals surface area contributed by atoms with Crippen molar-refractivity contribution in [2.75, 3.05) is 22.4 Å². The smallest absolute Gasteiger partial charge is 0.245 e. The average molecular weight is 375 g/mol. The maximum absolute atomic E-state index is 12.6. The van der Waals surface area contributed by atoms with Gasteiger partial charge < -0.3 is 5.32 Å². The highest BCUT2D eigenvalue weighted by atomic mass is 32.2. The summed E-state index contributed by atoms with van der Waals surface area (Å²) in [5, 5.41) is 2.87. The third-order valence-electron chi connectivity index (χ3n) is 4.47. The molecule has 0 atom stereocenters. The molecule has 0 heterocycles. The molecule has 0 unspecified atom stereocenters. The minimum absolute atomic E-state index is 0.268. The lowest BCUT2D eigenvalue weighted by Crippen LogP contribution is -2.38. The molecule has 1 N–H and O–H groups in total. The summed E-state index contributed by atoms with van der Waals surface area (Å²) >= 11 is 0. The van der Waals surface area contributed by atoms with Crippen LogP contribution in [0.2, 0.25) is 0 Å². The normalized spacial score (nSPS) is 11.3. The Morgan fingerprint density at radius 1 is 1.00 bits per heavy atom. The fraction of sp³-hybridized carbons (Fsp3) is 0.350. The molecule has 2 rings (SSSR count). The highest BCUT2D eigenvalue weighted by Gasteiger charge is 2.23. The van der Waals surface area contributed by atoms with E-state index in [-0.39, 0.29) is 12.5 Å². The molecule has 0 fully saturated rings. The molecule has 0 radical (unpaired) electrons. The maximum Gasteiger partial charge on any atom is 0.245 e. The number of amides is 1. The standard InChI is InChI=1S/C20H26N2O3S/c1-13-10-15(3)20(16(4)11-13)21-19(23)12-22(26(6,24)25)18-9-7-8-14(2)17(18)5/h7-11H,12H2,1-6H3,(H,21,23). The molecule has 0 spiro atoms. The summed E-state index contributed by atoms with van der Waals surface area (Å²) in [5.41, 5.74) is 6.10. The summed E-state index contributed by atoms with van der Waals surface area (Å²) < 4.78 is 25.8. The Bertz CT molecular complexity index is 927. The van der Waals surface area contributed by atoms with Gasteiger partial charge >= 0.3 is 0 Å². The van der Waals surface area contributed by atoms with Crippen LogP contribution in [0.5, 0.6) is 0 Å². The van der Waals surface area contributed by atoms with Gasteiger partial charge in [0.2, 0.25) is 15.9 Å². The third kappa shape index (κ3) is 4.43. The quantitative estimate of drug-likeness (QED) is 0.869. The Morgan fingerprint density at radius 3 is 2.12 bits per heavy atom. The highest BCUT2D eigenvalue weighted by molar-refractivity contribution is 7.92. The molecule has 0 aliphatic rings. The van der Waals surface area contributed by atoms with E-state index in [1.165, 1.54) is 0 Å². The summed E-state index contributed by atoms with van der Waals surface area (Å²) in [6, 6.07) is 9.41. The fourth-order valence-corrected chi connectivity index (χ4v) is 3.98. The highest BCUT2D eigenvalue weighted by Crippen LogP contribution is 2.26. The van der Waals surface area contributed by atoms with Gasteiger partial charge in [0.05, 0.1) is 11.9 Å². The van der Waals surface area contributed by atoms with Gasteiger partial charge in [-0.1, -0.05) is 29.8 Å². The number of carbonyl (C=O) groups excluding carboxylic acids is 1. The van der Waals surface area contributed by atoms with Gasteiger partial charge in [-0.2, -0.15) is 0 Å².